The van der Waals surface area contributed by atoms with Crippen LogP contribution in [0, 0.1) is 0 Å². The highest BCUT2D eigenvalue weighted by molar-refractivity contribution is 7.08. The predicted molar refractivity (Wildman–Crippen MR) is 111 cm³/mol. The maximum absolute atomic E-state index is 10.2. The maximum Gasteiger partial charge on any atom is 0.169 e. The Balaban J connectivity index is 0. The number of hydrogen-bond donors (Lipinski definition) is 4. The quantitative estimate of drug-likeness (QED) is 0.528. The number of ether oxygens (including phenoxy) is 1. The molecule has 2 rings (SSSR count). The van der Waals surface area contributed by atoms with Gasteiger partial charge in [0.05, 0.1) is 24.6 Å². The fourth-order valence-electron chi connectivity index (χ4n) is 1.38. The molecule has 0 spiro atoms. The van der Waals surface area contributed by atoms with Crippen LogP contribution in [0.4, 0.5) is 5.69 Å². The molecule has 154 valence electrons. The first-order chi connectivity index (χ1) is 13.1. The van der Waals surface area contributed by atoms with Gasteiger partial charge in [0.2, 0.25) is 0 Å². The molecule has 0 saturated heterocycles. The lowest BCUT2D eigenvalue weighted by Gasteiger charge is -1.92. The van der Waals surface area contributed by atoms with Crippen LogP contribution < -0.4 is 15.4 Å². The Hall–Kier alpha value is -2.23. The lowest BCUT2D eigenvalue weighted by Crippen LogP contribution is -2.04. The van der Waals surface area contributed by atoms with Crippen molar-refractivity contribution in [3.05, 3.63) is 28.2 Å². The van der Waals surface area contributed by atoms with Gasteiger partial charge in [-0.3, -0.25) is 14.7 Å². The summed E-state index contributed by atoms with van der Waals surface area (Å²) >= 11 is 1.46. The highest BCUT2D eigenvalue weighted by atomic mass is 32.1. The second-order valence-corrected chi connectivity index (χ2v) is 5.65. The number of nitrogens with one attached hydrogen (secondary N) is 3. The lowest BCUT2D eigenvalue weighted by atomic mass is 10.3. The first kappa shape index (κ1) is 27.0. The fourth-order valence-corrected chi connectivity index (χ4v) is 2.12. The zero-order valence-electron chi connectivity index (χ0n) is 16.7. The van der Waals surface area contributed by atoms with Gasteiger partial charge >= 0.3 is 0 Å². The summed E-state index contributed by atoms with van der Waals surface area (Å²) in [5.74, 6) is 0.662. The molecule has 0 unspecified atom stereocenters. The van der Waals surface area contributed by atoms with Crippen LogP contribution in [-0.2, 0) is 0 Å². The van der Waals surface area contributed by atoms with E-state index in [1.165, 1.54) is 17.8 Å². The largest absolute Gasteiger partial charge is 0.495 e. The van der Waals surface area contributed by atoms with Crippen LogP contribution in [0.3, 0.4) is 0 Å². The third kappa shape index (κ3) is 13.6. The SMILES string of the molecule is CCCNC.CCCO.CNc1cn[nH]c1C=O.COc1cscc1C=O. The molecule has 2 aromatic rings. The second kappa shape index (κ2) is 20.1. The van der Waals surface area contributed by atoms with Gasteiger partial charge in [-0.25, -0.2) is 0 Å². The zero-order valence-corrected chi connectivity index (χ0v) is 17.6. The fraction of sp³-hybridized carbons (Fsp3) is 0.500. The molecule has 0 fully saturated rings. The Bertz CT molecular complexity index is 537. The Morgan fingerprint density at radius 2 is 1.89 bits per heavy atom. The molecular formula is C18H32N4O4S. The normalized spacial score (nSPS) is 8.67. The second-order valence-electron chi connectivity index (χ2n) is 4.91. The van der Waals surface area contributed by atoms with E-state index < -0.39 is 0 Å². The minimum atomic E-state index is 0.319. The van der Waals surface area contributed by atoms with E-state index in [1.54, 1.807) is 31.1 Å². The van der Waals surface area contributed by atoms with Gasteiger partial charge < -0.3 is 20.5 Å². The summed E-state index contributed by atoms with van der Waals surface area (Å²) in [6.45, 7) is 5.54. The number of carbonyl (C=O) groups excluding carboxylic acids is 2. The number of anilines is 1. The van der Waals surface area contributed by atoms with Crippen molar-refractivity contribution in [2.75, 3.05) is 39.7 Å². The number of aldehydes is 2. The third-order valence-corrected chi connectivity index (χ3v) is 3.52. The molecule has 27 heavy (non-hydrogen) atoms. The van der Waals surface area contributed by atoms with E-state index in [9.17, 15) is 9.59 Å². The van der Waals surface area contributed by atoms with Gasteiger partial charge in [-0.1, -0.05) is 13.8 Å². The Labute approximate surface area is 165 Å². The molecule has 0 aliphatic carbocycles. The number of aromatic nitrogens is 2. The molecule has 2 heterocycles. The lowest BCUT2D eigenvalue weighted by molar-refractivity contribution is 0.111. The molecule has 0 radical (unpaired) electrons. The van der Waals surface area contributed by atoms with E-state index in [2.05, 4.69) is 27.8 Å². The molecular weight excluding hydrogens is 368 g/mol. The predicted octanol–water partition coefficient (Wildman–Crippen LogP) is 2.84. The van der Waals surface area contributed by atoms with E-state index in [0.717, 1.165) is 31.2 Å². The molecule has 0 aliphatic rings. The van der Waals surface area contributed by atoms with Crippen molar-refractivity contribution in [3.63, 3.8) is 0 Å². The summed E-state index contributed by atoms with van der Waals surface area (Å²) in [6.07, 6.45) is 5.18. The molecule has 0 saturated carbocycles. The van der Waals surface area contributed by atoms with E-state index in [-0.39, 0.29) is 0 Å². The number of aliphatic hydroxyl groups is 1. The van der Waals surface area contributed by atoms with Crippen molar-refractivity contribution >= 4 is 29.6 Å². The minimum absolute atomic E-state index is 0.319. The maximum atomic E-state index is 10.2. The summed E-state index contributed by atoms with van der Waals surface area (Å²) in [7, 11) is 5.25. The van der Waals surface area contributed by atoms with E-state index in [0.29, 0.717) is 23.6 Å². The molecule has 9 heteroatoms. The topological polar surface area (TPSA) is 116 Å². The molecule has 0 atom stereocenters. The number of rotatable bonds is 7. The van der Waals surface area contributed by atoms with Crippen molar-refractivity contribution in [1.82, 2.24) is 15.5 Å². The highest BCUT2D eigenvalue weighted by Crippen LogP contribution is 2.20. The Morgan fingerprint density at radius 1 is 1.22 bits per heavy atom. The first-order valence-electron chi connectivity index (χ1n) is 8.56. The Kier molecular flexibility index (Phi) is 20.1. The van der Waals surface area contributed by atoms with Crippen LogP contribution in [0.1, 0.15) is 47.5 Å². The van der Waals surface area contributed by atoms with Gasteiger partial charge in [-0.05, 0) is 26.4 Å². The van der Waals surface area contributed by atoms with E-state index in [1.807, 2.05) is 14.0 Å². The summed E-state index contributed by atoms with van der Waals surface area (Å²) in [6, 6.07) is 0. The molecule has 0 bridgehead atoms. The van der Waals surface area contributed by atoms with Crippen molar-refractivity contribution < 1.29 is 19.4 Å². The monoisotopic (exact) mass is 400 g/mol. The molecule has 0 aliphatic heterocycles. The molecule has 0 aromatic carbocycles. The first-order valence-corrected chi connectivity index (χ1v) is 9.51. The van der Waals surface area contributed by atoms with Crippen molar-refractivity contribution in [3.8, 4) is 5.75 Å². The summed E-state index contributed by atoms with van der Waals surface area (Å²) < 4.78 is 4.86. The average molecular weight is 401 g/mol. The number of nitrogens with zero attached hydrogens (tertiary/aromatic N) is 1. The number of thiophene rings is 1. The number of methoxy groups -OCH3 is 1. The summed E-state index contributed by atoms with van der Waals surface area (Å²) in [5, 5.41) is 23.4. The van der Waals surface area contributed by atoms with Crippen LogP contribution >= 0.6 is 11.3 Å². The summed E-state index contributed by atoms with van der Waals surface area (Å²) in [5.41, 5.74) is 1.84. The van der Waals surface area contributed by atoms with Crippen LogP contribution in [0.15, 0.2) is 17.0 Å². The average Bonchev–Trinajstić information content (AvgIpc) is 3.37. The number of carbonyl (C=O) groups is 2. The van der Waals surface area contributed by atoms with Gasteiger partial charge in [0, 0.05) is 24.4 Å². The van der Waals surface area contributed by atoms with Crippen LogP contribution in [0.25, 0.3) is 0 Å². The number of aromatic amines is 1. The molecule has 0 amide bonds. The Morgan fingerprint density at radius 3 is 2.19 bits per heavy atom. The van der Waals surface area contributed by atoms with Crippen LogP contribution in [0.5, 0.6) is 5.75 Å². The molecule has 2 aromatic heterocycles. The van der Waals surface area contributed by atoms with Crippen LogP contribution in [-0.4, -0.2) is 62.2 Å². The van der Waals surface area contributed by atoms with Gasteiger partial charge in [0.15, 0.2) is 12.6 Å². The van der Waals surface area contributed by atoms with Crippen molar-refractivity contribution in [2.45, 2.75) is 26.7 Å². The van der Waals surface area contributed by atoms with Gasteiger partial charge in [0.25, 0.3) is 0 Å². The smallest absolute Gasteiger partial charge is 0.169 e. The summed E-state index contributed by atoms with van der Waals surface area (Å²) in [4.78, 5) is 20.3. The van der Waals surface area contributed by atoms with Crippen LogP contribution in [0.2, 0.25) is 0 Å². The van der Waals surface area contributed by atoms with Crippen molar-refractivity contribution in [2.24, 2.45) is 0 Å². The van der Waals surface area contributed by atoms with Gasteiger partial charge in [0.1, 0.15) is 11.4 Å². The standard InChI is InChI=1S/C6H6O2S.C5H7N3O.C4H11N.C3H8O/c1-8-6-4-9-3-5(6)2-7;1-6-4-2-7-8-5(4)3-9;1-3-4-5-2;1-2-3-4/h2-4H,1H3;2-3,6H,1H3,(H,7,8);5H,3-4H2,1-2H3;4H,2-3H2,1H3. The number of aliphatic hydroxyl groups excluding tert-OH is 1. The third-order valence-electron chi connectivity index (χ3n) is 2.78. The van der Waals surface area contributed by atoms with E-state index in [4.69, 9.17) is 9.84 Å². The van der Waals surface area contributed by atoms with Gasteiger partial charge in [-0.15, -0.1) is 11.3 Å². The highest BCUT2D eigenvalue weighted by Gasteiger charge is 1.99. The number of H-pyrrole nitrogens is 1. The van der Waals surface area contributed by atoms with Gasteiger partial charge in [-0.2, -0.15) is 5.10 Å². The van der Waals surface area contributed by atoms with E-state index >= 15 is 0 Å². The molecule has 4 N–H and O–H groups in total. The van der Waals surface area contributed by atoms with Crippen molar-refractivity contribution in [1.29, 1.82) is 0 Å². The minimum Gasteiger partial charge on any atom is -0.495 e. The molecule has 8 nitrogen and oxygen atoms in total. The zero-order chi connectivity index (χ0) is 20.9. The number of hydrogen-bond acceptors (Lipinski definition) is 8.